The maximum atomic E-state index is 9.62. The fraction of sp³-hybridized carbons (Fsp3) is 0.429. The molecule has 1 aliphatic rings. The number of hydrogen-bond donors (Lipinski definition) is 2. The van der Waals surface area contributed by atoms with Crippen molar-refractivity contribution in [3.8, 4) is 0 Å². The van der Waals surface area contributed by atoms with E-state index in [-0.39, 0.29) is 0 Å². The second-order valence-corrected chi connectivity index (χ2v) is 4.78. The molecule has 1 aliphatic heterocycles. The van der Waals surface area contributed by atoms with E-state index in [1.54, 1.807) is 23.0 Å². The van der Waals surface area contributed by atoms with Crippen LogP contribution in [0, 0.1) is 0 Å². The Hall–Kier alpha value is -0.250. The van der Waals surface area contributed by atoms with Gasteiger partial charge in [-0.1, -0.05) is 29.4 Å². The van der Waals surface area contributed by atoms with Gasteiger partial charge in [0, 0.05) is 0 Å². The first kappa shape index (κ1) is 7.85. The van der Waals surface area contributed by atoms with E-state index in [0.29, 0.717) is 6.42 Å². The predicted molar refractivity (Wildman–Crippen MR) is 44.8 cm³/mol. The Morgan fingerprint density at radius 1 is 1.40 bits per heavy atom. The third-order valence-corrected chi connectivity index (χ3v) is 3.88. The molecule has 0 aromatic heterocycles. The first-order valence-corrected chi connectivity index (χ1v) is 5.04. The number of hydrogen-bond acceptors (Lipinski definition) is 2. The van der Waals surface area contributed by atoms with Crippen LogP contribution in [0.25, 0.3) is 0 Å². The molecule has 0 saturated heterocycles. The summed E-state index contributed by atoms with van der Waals surface area (Å²) in [4.78, 5) is 0. The maximum Gasteiger partial charge on any atom is 0.111 e. The zero-order valence-electron chi connectivity index (χ0n) is 5.90. The van der Waals surface area contributed by atoms with Gasteiger partial charge in [0.25, 0.3) is 0 Å². The number of aliphatic hydroxyl groups excluding tert-OH is 1. The van der Waals surface area contributed by atoms with Crippen molar-refractivity contribution in [2.24, 2.45) is 0 Å². The number of rotatable bonds is 2. The van der Waals surface area contributed by atoms with Crippen LogP contribution in [0.2, 0.25) is 0 Å². The van der Waals surface area contributed by atoms with Crippen LogP contribution in [-0.2, 0) is 0 Å². The third kappa shape index (κ3) is 1.26. The van der Waals surface area contributed by atoms with Gasteiger partial charge in [0.1, 0.15) is 5.44 Å². The minimum atomic E-state index is -1.94. The van der Waals surface area contributed by atoms with Crippen molar-refractivity contribution in [3.05, 3.63) is 23.0 Å². The van der Waals surface area contributed by atoms with Gasteiger partial charge in [-0.2, -0.15) is 0 Å². The Bertz CT molecular complexity index is 162. The molecular weight excluding hydrogens is 148 g/mol. The van der Waals surface area contributed by atoms with E-state index in [0.717, 1.165) is 0 Å². The molecule has 0 spiro atoms. The summed E-state index contributed by atoms with van der Waals surface area (Å²) in [6, 6.07) is 0. The summed E-state index contributed by atoms with van der Waals surface area (Å²) in [5.74, 6) is 0. The number of allylic oxidation sites excluding steroid dienone is 2. The smallest absolute Gasteiger partial charge is 0.111 e. The molecule has 0 aromatic rings. The highest BCUT2D eigenvalue weighted by Gasteiger charge is 2.24. The SMILES string of the molecule is CCC(O)S1(O)C=CC=C1. The molecule has 0 aliphatic carbocycles. The van der Waals surface area contributed by atoms with Gasteiger partial charge in [-0.3, -0.25) is 0 Å². The predicted octanol–water partition coefficient (Wildman–Crippen LogP) is 2.03. The van der Waals surface area contributed by atoms with Crippen molar-refractivity contribution < 1.29 is 9.66 Å². The molecule has 1 unspecified atom stereocenters. The molecule has 1 rings (SSSR count). The summed E-state index contributed by atoms with van der Waals surface area (Å²) < 4.78 is 9.62. The summed E-state index contributed by atoms with van der Waals surface area (Å²) in [5, 5.41) is 12.7. The van der Waals surface area contributed by atoms with Crippen LogP contribution in [0.15, 0.2) is 23.0 Å². The monoisotopic (exact) mass is 160 g/mol. The maximum absolute atomic E-state index is 9.62. The Kier molecular flexibility index (Phi) is 2.18. The first-order chi connectivity index (χ1) is 4.69. The summed E-state index contributed by atoms with van der Waals surface area (Å²) in [6.07, 6.45) is 4.14. The van der Waals surface area contributed by atoms with Crippen molar-refractivity contribution in [2.75, 3.05) is 0 Å². The molecule has 0 fully saturated rings. The quantitative estimate of drug-likeness (QED) is 0.649. The highest BCUT2D eigenvalue weighted by Crippen LogP contribution is 2.53. The van der Waals surface area contributed by atoms with E-state index in [2.05, 4.69) is 0 Å². The van der Waals surface area contributed by atoms with E-state index < -0.39 is 15.7 Å². The minimum absolute atomic E-state index is 0.595. The first-order valence-electron chi connectivity index (χ1n) is 3.26. The molecule has 0 saturated carbocycles. The zero-order valence-corrected chi connectivity index (χ0v) is 6.71. The molecule has 1 atom stereocenters. The Morgan fingerprint density at radius 3 is 2.30 bits per heavy atom. The minimum Gasteiger partial charge on any atom is -0.381 e. The van der Waals surface area contributed by atoms with Gasteiger partial charge in [0.05, 0.1) is 0 Å². The second kappa shape index (κ2) is 2.78. The van der Waals surface area contributed by atoms with Gasteiger partial charge >= 0.3 is 0 Å². The van der Waals surface area contributed by atoms with Crippen LogP contribution in [0.1, 0.15) is 13.3 Å². The average molecular weight is 160 g/mol. The average Bonchev–Trinajstić information content (AvgIpc) is 2.36. The van der Waals surface area contributed by atoms with Gasteiger partial charge in [0.2, 0.25) is 0 Å². The fourth-order valence-electron chi connectivity index (χ4n) is 0.836. The van der Waals surface area contributed by atoms with Gasteiger partial charge in [-0.15, -0.1) is 0 Å². The second-order valence-electron chi connectivity index (χ2n) is 2.24. The molecule has 58 valence electrons. The lowest BCUT2D eigenvalue weighted by molar-refractivity contribution is 0.247. The molecule has 2 nitrogen and oxygen atoms in total. The normalized spacial score (nSPS) is 26.7. The molecule has 1 heterocycles. The van der Waals surface area contributed by atoms with Crippen molar-refractivity contribution in [2.45, 2.75) is 18.8 Å². The third-order valence-electron chi connectivity index (χ3n) is 1.49. The van der Waals surface area contributed by atoms with Crippen molar-refractivity contribution in [1.29, 1.82) is 0 Å². The van der Waals surface area contributed by atoms with Crippen LogP contribution >= 0.6 is 10.3 Å². The van der Waals surface area contributed by atoms with E-state index in [4.69, 9.17) is 0 Å². The van der Waals surface area contributed by atoms with Crippen molar-refractivity contribution in [3.63, 3.8) is 0 Å². The molecule has 0 amide bonds. The van der Waals surface area contributed by atoms with Crippen molar-refractivity contribution in [1.82, 2.24) is 0 Å². The molecule has 3 heteroatoms. The summed E-state index contributed by atoms with van der Waals surface area (Å²) >= 11 is 0. The Balaban J connectivity index is 2.69. The fourth-order valence-corrected chi connectivity index (χ4v) is 2.51. The molecule has 0 aromatic carbocycles. The molecule has 2 N–H and O–H groups in total. The van der Waals surface area contributed by atoms with E-state index in [1.165, 1.54) is 0 Å². The topological polar surface area (TPSA) is 40.5 Å². The van der Waals surface area contributed by atoms with Crippen LogP contribution in [-0.4, -0.2) is 15.1 Å². The molecule has 0 bridgehead atoms. The van der Waals surface area contributed by atoms with Gasteiger partial charge in [-0.25, -0.2) is 0 Å². The van der Waals surface area contributed by atoms with Crippen molar-refractivity contribution >= 4 is 10.3 Å². The van der Waals surface area contributed by atoms with E-state index in [9.17, 15) is 9.66 Å². The lowest BCUT2D eigenvalue weighted by atomic mass is 10.5. The molecular formula is C7H12O2S. The van der Waals surface area contributed by atoms with Gasteiger partial charge in [0.15, 0.2) is 0 Å². The summed E-state index contributed by atoms with van der Waals surface area (Å²) in [7, 11) is -1.94. The number of aliphatic hydroxyl groups is 1. The van der Waals surface area contributed by atoms with Gasteiger partial charge < -0.3 is 9.66 Å². The van der Waals surface area contributed by atoms with Crippen LogP contribution in [0.3, 0.4) is 0 Å². The summed E-state index contributed by atoms with van der Waals surface area (Å²) in [6.45, 7) is 1.86. The van der Waals surface area contributed by atoms with Gasteiger partial charge in [-0.05, 0) is 17.2 Å². The zero-order chi connectivity index (χ0) is 7.61. The summed E-state index contributed by atoms with van der Waals surface area (Å²) in [5.41, 5.74) is -0.595. The largest absolute Gasteiger partial charge is 0.381 e. The Labute approximate surface area is 62.4 Å². The van der Waals surface area contributed by atoms with Crippen LogP contribution in [0.4, 0.5) is 0 Å². The van der Waals surface area contributed by atoms with E-state index in [1.807, 2.05) is 6.92 Å². The van der Waals surface area contributed by atoms with Crippen LogP contribution in [0.5, 0.6) is 0 Å². The van der Waals surface area contributed by atoms with Crippen LogP contribution < -0.4 is 0 Å². The molecule has 10 heavy (non-hydrogen) atoms. The highest BCUT2D eigenvalue weighted by atomic mass is 32.3. The standard InChI is InChI=1S/C7H12O2S/c1-2-7(8)10(9)5-3-4-6-10/h3-9H,2H2,1H3. The van der Waals surface area contributed by atoms with E-state index >= 15 is 0 Å². The highest BCUT2D eigenvalue weighted by molar-refractivity contribution is 8.34. The lowest BCUT2D eigenvalue weighted by Crippen LogP contribution is -2.10. The molecule has 0 radical (unpaired) electrons. The lowest BCUT2D eigenvalue weighted by Gasteiger charge is -2.29. The Morgan fingerprint density at radius 2 is 1.90 bits per heavy atom.